The molecule has 162 valence electrons. The van der Waals surface area contributed by atoms with E-state index < -0.39 is 6.03 Å². The number of pyridine rings is 1. The summed E-state index contributed by atoms with van der Waals surface area (Å²) in [5.74, 6) is 0.0762. The summed E-state index contributed by atoms with van der Waals surface area (Å²) < 4.78 is 1.20. The smallest absolute Gasteiger partial charge is 0.348 e. The molecule has 0 spiro atoms. The molecule has 0 aliphatic carbocycles. The van der Waals surface area contributed by atoms with Crippen molar-refractivity contribution in [3.63, 3.8) is 0 Å². The van der Waals surface area contributed by atoms with E-state index in [2.05, 4.69) is 39.5 Å². The molecule has 3 aromatic rings. The van der Waals surface area contributed by atoms with Gasteiger partial charge >= 0.3 is 6.03 Å². The Bertz CT molecular complexity index is 1090. The maximum absolute atomic E-state index is 13.0. The Hall–Kier alpha value is -2.97. The number of carbonyl (C=O) groups is 2. The molecule has 3 heterocycles. The number of benzene rings is 1. The number of halogens is 1. The van der Waals surface area contributed by atoms with Gasteiger partial charge in [0.1, 0.15) is 5.82 Å². The van der Waals surface area contributed by atoms with Crippen molar-refractivity contribution >= 4 is 40.3 Å². The number of hydrogen-bond donors (Lipinski definition) is 2. The van der Waals surface area contributed by atoms with Crippen LogP contribution in [0.25, 0.3) is 10.9 Å². The van der Waals surface area contributed by atoms with Crippen molar-refractivity contribution in [2.24, 2.45) is 0 Å². The van der Waals surface area contributed by atoms with E-state index in [9.17, 15) is 9.59 Å². The number of likely N-dealkylation sites (tertiary alicyclic amines) is 1. The first-order valence-corrected chi connectivity index (χ1v) is 10.8. The number of amides is 2. The summed E-state index contributed by atoms with van der Waals surface area (Å²) in [5, 5.41) is 11.2. The predicted octanol–water partition coefficient (Wildman–Crippen LogP) is 3.77. The van der Waals surface area contributed by atoms with Crippen LogP contribution in [0.15, 0.2) is 42.6 Å². The van der Waals surface area contributed by atoms with Crippen LogP contribution in [0.1, 0.15) is 37.2 Å². The number of carbonyl (C=O) groups excluding carboxylic acids is 2. The largest absolute Gasteiger partial charge is 0.348 e. The third-order valence-electron chi connectivity index (χ3n) is 5.55. The zero-order valence-electron chi connectivity index (χ0n) is 17.5. The van der Waals surface area contributed by atoms with E-state index >= 15 is 0 Å². The summed E-state index contributed by atoms with van der Waals surface area (Å²) >= 11 is 5.84. The van der Waals surface area contributed by atoms with E-state index in [1.165, 1.54) is 10.9 Å². The van der Waals surface area contributed by atoms with Gasteiger partial charge in [0.15, 0.2) is 5.69 Å². The van der Waals surface area contributed by atoms with Gasteiger partial charge in [0, 0.05) is 36.8 Å². The van der Waals surface area contributed by atoms with Gasteiger partial charge in [-0.05, 0) is 44.9 Å². The minimum Gasteiger partial charge on any atom is -0.348 e. The van der Waals surface area contributed by atoms with E-state index in [1.54, 1.807) is 30.3 Å². The highest BCUT2D eigenvalue weighted by molar-refractivity contribution is 6.30. The molecule has 0 unspecified atom stereocenters. The van der Waals surface area contributed by atoms with Crippen molar-refractivity contribution in [3.8, 4) is 0 Å². The summed E-state index contributed by atoms with van der Waals surface area (Å²) in [6.07, 6.45) is 3.23. The molecule has 0 saturated carbocycles. The zero-order valence-corrected chi connectivity index (χ0v) is 18.3. The first-order valence-electron chi connectivity index (χ1n) is 10.4. The lowest BCUT2D eigenvalue weighted by Gasteiger charge is -2.34. The minimum atomic E-state index is -0.504. The molecule has 0 bridgehead atoms. The molecule has 4 rings (SSSR count). The highest BCUT2D eigenvalue weighted by Gasteiger charge is 2.25. The number of fused-ring (bicyclic) bond motifs is 1. The van der Waals surface area contributed by atoms with Gasteiger partial charge in [0.25, 0.3) is 5.91 Å². The molecule has 9 heteroatoms. The second kappa shape index (κ2) is 9.03. The predicted molar refractivity (Wildman–Crippen MR) is 121 cm³/mol. The van der Waals surface area contributed by atoms with E-state index in [1.807, 2.05) is 6.07 Å². The van der Waals surface area contributed by atoms with Crippen molar-refractivity contribution in [2.75, 3.05) is 18.4 Å². The summed E-state index contributed by atoms with van der Waals surface area (Å²) in [6.45, 7) is 6.27. The third kappa shape index (κ3) is 4.70. The fraction of sp³-hybridized carbons (Fsp3) is 0.364. The lowest BCUT2D eigenvalue weighted by Crippen LogP contribution is -2.46. The first-order chi connectivity index (χ1) is 14.9. The fourth-order valence-electron chi connectivity index (χ4n) is 3.82. The van der Waals surface area contributed by atoms with Gasteiger partial charge in [-0.3, -0.25) is 10.1 Å². The summed E-state index contributed by atoms with van der Waals surface area (Å²) in [6, 6.07) is 10.5. The van der Waals surface area contributed by atoms with Crippen LogP contribution in [0.3, 0.4) is 0 Å². The Morgan fingerprint density at radius 3 is 2.55 bits per heavy atom. The number of aromatic nitrogens is 3. The zero-order chi connectivity index (χ0) is 22.0. The Morgan fingerprint density at radius 2 is 1.87 bits per heavy atom. The van der Waals surface area contributed by atoms with Crippen LogP contribution in [0.4, 0.5) is 10.6 Å². The average Bonchev–Trinajstić information content (AvgIpc) is 3.16. The standard InChI is InChI=1S/C22H25ClN6O2/c1-14(2)28-11-9-16(10-12-28)25-21(30)20-17-5-3-4-6-18(17)29(27-20)22(31)26-19-8-7-15(23)13-24-19/h3-8,13-14,16H,9-12H2,1-2H3,(H,25,30)(H,24,26,31). The van der Waals surface area contributed by atoms with Gasteiger partial charge in [-0.15, -0.1) is 0 Å². The molecular formula is C22H25ClN6O2. The normalized spacial score (nSPS) is 15.4. The Morgan fingerprint density at radius 1 is 1.13 bits per heavy atom. The molecule has 1 fully saturated rings. The maximum atomic E-state index is 13.0. The van der Waals surface area contributed by atoms with E-state index in [-0.39, 0.29) is 17.6 Å². The monoisotopic (exact) mass is 440 g/mol. The molecular weight excluding hydrogens is 416 g/mol. The molecule has 2 N–H and O–H groups in total. The number of hydrogen-bond acceptors (Lipinski definition) is 5. The van der Waals surface area contributed by atoms with Gasteiger partial charge in [-0.25, -0.2) is 9.78 Å². The molecule has 1 aliphatic rings. The van der Waals surface area contributed by atoms with Crippen molar-refractivity contribution in [1.82, 2.24) is 25.0 Å². The van der Waals surface area contributed by atoms with Crippen LogP contribution in [0.5, 0.6) is 0 Å². The highest BCUT2D eigenvalue weighted by Crippen LogP contribution is 2.20. The second-order valence-electron chi connectivity index (χ2n) is 7.95. The quantitative estimate of drug-likeness (QED) is 0.644. The maximum Gasteiger partial charge on any atom is 0.348 e. The molecule has 0 radical (unpaired) electrons. The van der Waals surface area contributed by atoms with Crippen LogP contribution >= 0.6 is 11.6 Å². The van der Waals surface area contributed by atoms with Gasteiger partial charge in [-0.2, -0.15) is 9.78 Å². The van der Waals surface area contributed by atoms with Crippen LogP contribution in [0, 0.1) is 0 Å². The molecule has 31 heavy (non-hydrogen) atoms. The number of nitrogens with one attached hydrogen (secondary N) is 2. The Kier molecular flexibility index (Phi) is 6.20. The van der Waals surface area contributed by atoms with E-state index in [0.717, 1.165) is 25.9 Å². The number of nitrogens with zero attached hydrogens (tertiary/aromatic N) is 4. The molecule has 0 atom stereocenters. The molecule has 1 aromatic carbocycles. The Labute approximate surface area is 185 Å². The van der Waals surface area contributed by atoms with Crippen LogP contribution in [0.2, 0.25) is 5.02 Å². The molecule has 2 amide bonds. The Balaban J connectivity index is 1.53. The minimum absolute atomic E-state index is 0.0958. The highest BCUT2D eigenvalue weighted by atomic mass is 35.5. The number of para-hydroxylation sites is 1. The van der Waals surface area contributed by atoms with E-state index in [4.69, 9.17) is 11.6 Å². The lowest BCUT2D eigenvalue weighted by molar-refractivity contribution is 0.0897. The summed E-state index contributed by atoms with van der Waals surface area (Å²) in [7, 11) is 0. The van der Waals surface area contributed by atoms with Gasteiger partial charge in [-0.1, -0.05) is 29.8 Å². The average molecular weight is 441 g/mol. The van der Waals surface area contributed by atoms with Crippen LogP contribution in [-0.4, -0.2) is 56.8 Å². The molecule has 1 saturated heterocycles. The van der Waals surface area contributed by atoms with Crippen molar-refractivity contribution in [1.29, 1.82) is 0 Å². The van der Waals surface area contributed by atoms with Crippen molar-refractivity contribution in [2.45, 2.75) is 38.8 Å². The fourth-order valence-corrected chi connectivity index (χ4v) is 3.93. The number of anilines is 1. The summed E-state index contributed by atoms with van der Waals surface area (Å²) in [5.41, 5.74) is 0.787. The molecule has 2 aromatic heterocycles. The lowest BCUT2D eigenvalue weighted by atomic mass is 10.0. The molecule has 8 nitrogen and oxygen atoms in total. The van der Waals surface area contributed by atoms with Crippen LogP contribution in [-0.2, 0) is 0 Å². The molecule has 1 aliphatic heterocycles. The van der Waals surface area contributed by atoms with Gasteiger partial charge in [0.2, 0.25) is 0 Å². The number of rotatable bonds is 4. The van der Waals surface area contributed by atoms with Gasteiger partial charge in [0.05, 0.1) is 10.5 Å². The SMILES string of the molecule is CC(C)N1CCC(NC(=O)c2nn(C(=O)Nc3ccc(Cl)cn3)c3ccccc23)CC1. The van der Waals surface area contributed by atoms with E-state index in [0.29, 0.717) is 27.8 Å². The van der Waals surface area contributed by atoms with Crippen LogP contribution < -0.4 is 10.6 Å². The topological polar surface area (TPSA) is 92.2 Å². The first kappa shape index (κ1) is 21.3. The second-order valence-corrected chi connectivity index (χ2v) is 8.38. The summed E-state index contributed by atoms with van der Waals surface area (Å²) in [4.78, 5) is 32.3. The van der Waals surface area contributed by atoms with Gasteiger partial charge < -0.3 is 10.2 Å². The third-order valence-corrected chi connectivity index (χ3v) is 5.78. The van der Waals surface area contributed by atoms with Crippen molar-refractivity contribution in [3.05, 3.63) is 53.3 Å². The van der Waals surface area contributed by atoms with Crippen molar-refractivity contribution < 1.29 is 9.59 Å². The number of piperidine rings is 1.